The Bertz CT molecular complexity index is 1390. The molecule has 2 aliphatic rings. The first kappa shape index (κ1) is 28.9. The lowest BCUT2D eigenvalue weighted by Gasteiger charge is -2.20. The second-order valence-electron chi connectivity index (χ2n) is 8.51. The summed E-state index contributed by atoms with van der Waals surface area (Å²) in [6.45, 7) is 0.892. The first-order valence-corrected chi connectivity index (χ1v) is 14.5. The van der Waals surface area contributed by atoms with Gasteiger partial charge >= 0.3 is 0 Å². The van der Waals surface area contributed by atoms with Gasteiger partial charge in [-0.1, -0.05) is 17.7 Å². The van der Waals surface area contributed by atoms with E-state index in [1.165, 1.54) is 4.90 Å². The standard InChI is InChI=1S/C25H27ClN4O7S2/c26-18-6-8-21-20(17-18)28(11-3-4-16-39(33,34)35)23(37-21)9-7-19-24(32)30(22-5-1-2-10-27-22)25(38)29(19)12-14-36-15-13-31/h1-2,5-10,17,31H,3-4,11-16H2,(H,33,34,35). The number of allylic oxidation sites excluding steroid dienone is 2. The van der Waals surface area contributed by atoms with Crippen LogP contribution in [0.1, 0.15) is 12.8 Å². The Morgan fingerprint density at radius 2 is 1.92 bits per heavy atom. The molecule has 0 radical (unpaired) electrons. The molecular weight excluding hydrogens is 568 g/mol. The van der Waals surface area contributed by atoms with Crippen LogP contribution in [0.15, 0.2) is 66.3 Å². The number of ether oxygens (including phenoxy) is 2. The predicted octanol–water partition coefficient (Wildman–Crippen LogP) is 2.97. The number of aliphatic hydroxyl groups is 1. The zero-order valence-electron chi connectivity index (χ0n) is 20.8. The molecular formula is C25H27ClN4O7S2. The van der Waals surface area contributed by atoms with Gasteiger partial charge < -0.3 is 24.4 Å². The van der Waals surface area contributed by atoms with Crippen molar-refractivity contribution in [1.29, 1.82) is 0 Å². The molecule has 1 aromatic heterocycles. The number of aromatic nitrogens is 1. The van der Waals surface area contributed by atoms with Crippen LogP contribution in [-0.4, -0.2) is 77.6 Å². The number of carbonyl (C=O) groups is 1. The van der Waals surface area contributed by atoms with Gasteiger partial charge in [-0.3, -0.25) is 9.35 Å². The molecule has 0 spiro atoms. The summed E-state index contributed by atoms with van der Waals surface area (Å²) in [6.07, 6.45) is 5.48. The van der Waals surface area contributed by atoms with Crippen LogP contribution in [0.3, 0.4) is 0 Å². The van der Waals surface area contributed by atoms with Crippen LogP contribution in [-0.2, 0) is 19.6 Å². The summed E-state index contributed by atoms with van der Waals surface area (Å²) in [5.41, 5.74) is 0.964. The fourth-order valence-corrected chi connectivity index (χ4v) is 5.16. The number of amides is 1. The maximum Gasteiger partial charge on any atom is 0.282 e. The average molecular weight is 595 g/mol. The van der Waals surface area contributed by atoms with Crippen molar-refractivity contribution in [1.82, 2.24) is 9.88 Å². The Morgan fingerprint density at radius 3 is 2.64 bits per heavy atom. The molecule has 2 N–H and O–H groups in total. The van der Waals surface area contributed by atoms with Crippen LogP contribution in [0.4, 0.5) is 11.5 Å². The zero-order valence-corrected chi connectivity index (χ0v) is 23.2. The van der Waals surface area contributed by atoms with Crippen molar-refractivity contribution in [3.8, 4) is 5.75 Å². The monoisotopic (exact) mass is 594 g/mol. The van der Waals surface area contributed by atoms with Gasteiger partial charge in [-0.15, -0.1) is 0 Å². The van der Waals surface area contributed by atoms with Gasteiger partial charge in [0.05, 0.1) is 31.3 Å². The highest BCUT2D eigenvalue weighted by molar-refractivity contribution is 7.85. The number of hydrogen-bond donors (Lipinski definition) is 2. The van der Waals surface area contributed by atoms with Crippen molar-refractivity contribution in [3.63, 3.8) is 0 Å². The van der Waals surface area contributed by atoms with Crippen molar-refractivity contribution in [3.05, 3.63) is 71.3 Å². The van der Waals surface area contributed by atoms with E-state index in [2.05, 4.69) is 4.98 Å². The molecule has 39 heavy (non-hydrogen) atoms. The van der Waals surface area contributed by atoms with Crippen LogP contribution in [0.5, 0.6) is 5.75 Å². The van der Waals surface area contributed by atoms with E-state index in [4.69, 9.17) is 43.0 Å². The molecule has 208 valence electrons. The molecule has 1 fully saturated rings. The number of anilines is 2. The summed E-state index contributed by atoms with van der Waals surface area (Å²) in [5, 5.41) is 9.74. The Balaban J connectivity index is 1.63. The number of aliphatic hydroxyl groups excluding tert-OH is 1. The maximum absolute atomic E-state index is 13.5. The third-order valence-electron chi connectivity index (χ3n) is 5.82. The molecule has 1 amide bonds. The summed E-state index contributed by atoms with van der Waals surface area (Å²) in [6, 6.07) is 10.3. The maximum atomic E-state index is 13.5. The number of pyridine rings is 1. The molecule has 0 atom stereocenters. The lowest BCUT2D eigenvalue weighted by Crippen LogP contribution is -2.34. The molecule has 2 aliphatic heterocycles. The number of hydrogen-bond acceptors (Lipinski definition) is 9. The van der Waals surface area contributed by atoms with Crippen LogP contribution < -0.4 is 14.5 Å². The minimum atomic E-state index is -4.06. The van der Waals surface area contributed by atoms with Crippen molar-refractivity contribution >= 4 is 56.5 Å². The number of rotatable bonds is 12. The highest BCUT2D eigenvalue weighted by Crippen LogP contribution is 2.41. The summed E-state index contributed by atoms with van der Waals surface area (Å²) in [5.74, 6) is 0.602. The van der Waals surface area contributed by atoms with Crippen LogP contribution in [0.25, 0.3) is 0 Å². The van der Waals surface area contributed by atoms with E-state index < -0.39 is 10.1 Å². The molecule has 0 unspecified atom stereocenters. The van der Waals surface area contributed by atoms with E-state index in [0.29, 0.717) is 41.1 Å². The number of fused-ring (bicyclic) bond motifs is 1. The molecule has 14 heteroatoms. The molecule has 0 aliphatic carbocycles. The molecule has 0 saturated carbocycles. The SMILES string of the molecule is O=C1C(=CC=C2Oc3ccc(Cl)cc3N2CCCCS(=O)(=O)O)N(CCOCCO)C(=S)N1c1ccccn1. The lowest BCUT2D eigenvalue weighted by atomic mass is 10.2. The third kappa shape index (κ3) is 7.12. The first-order valence-electron chi connectivity index (χ1n) is 12.1. The second kappa shape index (κ2) is 12.9. The van der Waals surface area contributed by atoms with E-state index in [9.17, 15) is 13.2 Å². The molecule has 0 bridgehead atoms. The Morgan fingerprint density at radius 1 is 1.10 bits per heavy atom. The Hall–Kier alpha value is -3.07. The number of halogens is 1. The quantitative estimate of drug-likeness (QED) is 0.163. The van der Waals surface area contributed by atoms with Gasteiger partial charge in [-0.25, -0.2) is 9.88 Å². The molecule has 1 aromatic carbocycles. The van der Waals surface area contributed by atoms with Gasteiger partial charge in [-0.05, 0) is 61.5 Å². The molecule has 1 saturated heterocycles. The van der Waals surface area contributed by atoms with Crippen molar-refractivity contribution in [2.45, 2.75) is 12.8 Å². The smallest absolute Gasteiger partial charge is 0.282 e. The molecule has 3 heterocycles. The topological polar surface area (TPSA) is 133 Å². The second-order valence-corrected chi connectivity index (χ2v) is 10.9. The van der Waals surface area contributed by atoms with Gasteiger partial charge in [0.25, 0.3) is 16.0 Å². The van der Waals surface area contributed by atoms with Gasteiger partial charge in [0.1, 0.15) is 11.5 Å². The lowest BCUT2D eigenvalue weighted by molar-refractivity contribution is -0.114. The molecule has 11 nitrogen and oxygen atoms in total. The van der Waals surface area contributed by atoms with Crippen molar-refractivity contribution < 1.29 is 32.3 Å². The van der Waals surface area contributed by atoms with Crippen LogP contribution in [0.2, 0.25) is 5.02 Å². The van der Waals surface area contributed by atoms with E-state index in [1.54, 1.807) is 59.6 Å². The van der Waals surface area contributed by atoms with Gasteiger partial charge in [0.15, 0.2) is 10.9 Å². The van der Waals surface area contributed by atoms with Gasteiger partial charge in [0.2, 0.25) is 5.88 Å². The van der Waals surface area contributed by atoms with E-state index in [-0.39, 0.29) is 55.3 Å². The number of unbranched alkanes of at least 4 members (excludes halogenated alkanes) is 1. The minimum absolute atomic E-state index is 0.125. The van der Waals surface area contributed by atoms with E-state index in [0.717, 1.165) is 0 Å². The summed E-state index contributed by atoms with van der Waals surface area (Å²) in [7, 11) is -4.06. The highest BCUT2D eigenvalue weighted by atomic mass is 35.5. The number of carbonyl (C=O) groups excluding carboxylic acids is 1. The fraction of sp³-hybridized carbons (Fsp3) is 0.320. The summed E-state index contributed by atoms with van der Waals surface area (Å²) in [4.78, 5) is 22.6. The summed E-state index contributed by atoms with van der Waals surface area (Å²) < 4.78 is 42.7. The number of benzene rings is 1. The number of nitrogens with zero attached hydrogens (tertiary/aromatic N) is 4. The molecule has 4 rings (SSSR count). The molecule has 2 aromatic rings. The third-order valence-corrected chi connectivity index (χ3v) is 7.26. The first-order chi connectivity index (χ1) is 18.7. The van der Waals surface area contributed by atoms with E-state index >= 15 is 0 Å². The van der Waals surface area contributed by atoms with Crippen molar-refractivity contribution in [2.24, 2.45) is 0 Å². The van der Waals surface area contributed by atoms with E-state index in [1.807, 2.05) is 4.90 Å². The highest BCUT2D eigenvalue weighted by Gasteiger charge is 2.39. The largest absolute Gasteiger partial charge is 0.439 e. The fourth-order valence-electron chi connectivity index (χ4n) is 4.06. The predicted molar refractivity (Wildman–Crippen MR) is 150 cm³/mol. The normalized spacial score (nSPS) is 17.5. The summed E-state index contributed by atoms with van der Waals surface area (Å²) >= 11 is 11.8. The van der Waals surface area contributed by atoms with Crippen LogP contribution in [0, 0.1) is 0 Å². The average Bonchev–Trinajstić information content (AvgIpc) is 3.35. The van der Waals surface area contributed by atoms with Gasteiger partial charge in [-0.2, -0.15) is 8.42 Å². The van der Waals surface area contributed by atoms with Gasteiger partial charge in [0, 0.05) is 30.4 Å². The number of thiocarbonyl (C=S) groups is 1. The Labute approximate surface area is 236 Å². The van der Waals surface area contributed by atoms with Crippen molar-refractivity contribution in [2.75, 3.05) is 48.5 Å². The zero-order chi connectivity index (χ0) is 28.0. The van der Waals surface area contributed by atoms with Crippen LogP contribution >= 0.6 is 23.8 Å². The minimum Gasteiger partial charge on any atom is -0.439 e. The Kier molecular flexibility index (Phi) is 9.53.